The Morgan fingerprint density at radius 2 is 2.10 bits per heavy atom. The van der Waals surface area contributed by atoms with Crippen molar-refractivity contribution in [2.24, 2.45) is 0 Å². The van der Waals surface area contributed by atoms with Gasteiger partial charge in [-0.2, -0.15) is 0 Å². The Labute approximate surface area is 130 Å². The van der Waals surface area contributed by atoms with Crippen molar-refractivity contribution in [3.8, 4) is 0 Å². The number of aromatic amines is 1. The molecule has 5 nitrogen and oxygen atoms in total. The number of halogens is 1. The lowest BCUT2D eigenvalue weighted by Crippen LogP contribution is -2.22. The first kappa shape index (κ1) is 14.4. The average molecular weight is 342 g/mol. The first-order valence-electron chi connectivity index (χ1n) is 6.06. The number of nitrogen functional groups attached to an aromatic ring is 1. The number of benzene rings is 1. The molecule has 1 aromatic carbocycles. The van der Waals surface area contributed by atoms with Gasteiger partial charge in [0, 0.05) is 34.2 Å². The molecule has 0 amide bonds. The quantitative estimate of drug-likeness (QED) is 0.637. The van der Waals surface area contributed by atoms with Crippen LogP contribution in [0.25, 0.3) is 10.9 Å². The van der Waals surface area contributed by atoms with Crippen LogP contribution in [0.3, 0.4) is 0 Å². The Kier molecular flexibility index (Phi) is 3.66. The molecule has 21 heavy (non-hydrogen) atoms. The number of H-pyrrole nitrogens is 1. The Hall–Kier alpha value is -1.54. The average Bonchev–Trinajstić information content (AvgIpc) is 3.02. The van der Waals surface area contributed by atoms with Gasteiger partial charge in [0.25, 0.3) is 0 Å². The summed E-state index contributed by atoms with van der Waals surface area (Å²) in [7, 11) is -3.62. The summed E-state index contributed by atoms with van der Waals surface area (Å²) in [5.41, 5.74) is 6.96. The number of sulfonamides is 1. The molecule has 0 bridgehead atoms. The number of nitrogens with one attached hydrogen (secondary N) is 2. The zero-order valence-electron chi connectivity index (χ0n) is 10.8. The van der Waals surface area contributed by atoms with Crippen molar-refractivity contribution in [1.82, 2.24) is 9.71 Å². The molecule has 0 aliphatic heterocycles. The van der Waals surface area contributed by atoms with Crippen LogP contribution in [-0.2, 0) is 16.6 Å². The summed E-state index contributed by atoms with van der Waals surface area (Å²) in [5, 5.41) is 0.576. The summed E-state index contributed by atoms with van der Waals surface area (Å²) in [6.45, 7) is 0.203. The van der Waals surface area contributed by atoms with E-state index in [1.54, 1.807) is 30.3 Å². The molecule has 4 N–H and O–H groups in total. The Morgan fingerprint density at radius 1 is 1.29 bits per heavy atom. The van der Waals surface area contributed by atoms with E-state index >= 15 is 0 Å². The second kappa shape index (κ2) is 5.34. The molecule has 3 aromatic rings. The lowest BCUT2D eigenvalue weighted by molar-refractivity contribution is 0.582. The molecule has 0 aliphatic carbocycles. The van der Waals surface area contributed by atoms with Crippen LogP contribution in [-0.4, -0.2) is 13.4 Å². The van der Waals surface area contributed by atoms with Crippen LogP contribution in [0.1, 0.15) is 4.88 Å². The second-order valence-corrected chi connectivity index (χ2v) is 8.02. The van der Waals surface area contributed by atoms with Gasteiger partial charge in [-0.05, 0) is 30.3 Å². The van der Waals surface area contributed by atoms with Crippen LogP contribution in [0.5, 0.6) is 0 Å². The van der Waals surface area contributed by atoms with Gasteiger partial charge in [-0.1, -0.05) is 11.6 Å². The maximum absolute atomic E-state index is 12.4. The SMILES string of the molecule is Nc1ccc2[nH]cc(S(=O)(=O)NCc3ccc(Cl)s3)c2c1. The Balaban J connectivity index is 1.91. The summed E-state index contributed by atoms with van der Waals surface area (Å²) >= 11 is 7.17. The van der Waals surface area contributed by atoms with E-state index < -0.39 is 10.0 Å². The minimum atomic E-state index is -3.62. The van der Waals surface area contributed by atoms with Crippen molar-refractivity contribution in [1.29, 1.82) is 0 Å². The van der Waals surface area contributed by atoms with Crippen LogP contribution in [0, 0.1) is 0 Å². The summed E-state index contributed by atoms with van der Waals surface area (Å²) in [6, 6.07) is 8.65. The van der Waals surface area contributed by atoms with E-state index in [0.29, 0.717) is 15.4 Å². The van der Waals surface area contributed by atoms with Crippen LogP contribution in [0.2, 0.25) is 4.34 Å². The fraction of sp³-hybridized carbons (Fsp3) is 0.0769. The third kappa shape index (κ3) is 2.91. The number of rotatable bonds is 4. The van der Waals surface area contributed by atoms with Crippen LogP contribution >= 0.6 is 22.9 Å². The first-order valence-corrected chi connectivity index (χ1v) is 8.74. The third-order valence-corrected chi connectivity index (χ3v) is 5.69. The van der Waals surface area contributed by atoms with Gasteiger partial charge in [-0.3, -0.25) is 0 Å². The van der Waals surface area contributed by atoms with E-state index in [2.05, 4.69) is 9.71 Å². The number of anilines is 1. The van der Waals surface area contributed by atoms with Gasteiger partial charge < -0.3 is 10.7 Å². The molecule has 3 rings (SSSR count). The van der Waals surface area contributed by atoms with E-state index in [-0.39, 0.29) is 11.4 Å². The van der Waals surface area contributed by atoms with Crippen LogP contribution in [0.15, 0.2) is 41.4 Å². The monoisotopic (exact) mass is 341 g/mol. The van der Waals surface area contributed by atoms with E-state index in [1.165, 1.54) is 17.5 Å². The molecular formula is C13H12ClN3O2S2. The topological polar surface area (TPSA) is 88.0 Å². The maximum atomic E-state index is 12.4. The molecule has 8 heteroatoms. The summed E-state index contributed by atoms with van der Waals surface area (Å²) in [6.07, 6.45) is 1.47. The van der Waals surface area contributed by atoms with Crippen molar-refractivity contribution < 1.29 is 8.42 Å². The van der Waals surface area contributed by atoms with Gasteiger partial charge in [0.2, 0.25) is 10.0 Å². The smallest absolute Gasteiger partial charge is 0.243 e. The van der Waals surface area contributed by atoms with Gasteiger partial charge in [-0.25, -0.2) is 13.1 Å². The van der Waals surface area contributed by atoms with E-state index in [9.17, 15) is 8.42 Å². The van der Waals surface area contributed by atoms with Gasteiger partial charge in [0.05, 0.1) is 4.34 Å². The van der Waals surface area contributed by atoms with Gasteiger partial charge in [-0.15, -0.1) is 11.3 Å². The highest BCUT2D eigenvalue weighted by atomic mass is 35.5. The van der Waals surface area contributed by atoms with Crippen molar-refractivity contribution in [2.75, 3.05) is 5.73 Å². The molecule has 2 aromatic heterocycles. The molecule has 0 unspecified atom stereocenters. The van der Waals surface area contributed by atoms with Gasteiger partial charge in [0.1, 0.15) is 4.90 Å². The van der Waals surface area contributed by atoms with Crippen molar-refractivity contribution in [3.63, 3.8) is 0 Å². The minimum absolute atomic E-state index is 0.187. The number of thiophene rings is 1. The molecule has 2 heterocycles. The zero-order valence-corrected chi connectivity index (χ0v) is 13.1. The highest BCUT2D eigenvalue weighted by molar-refractivity contribution is 7.89. The number of fused-ring (bicyclic) bond motifs is 1. The summed E-state index contributed by atoms with van der Waals surface area (Å²) in [5.74, 6) is 0. The summed E-state index contributed by atoms with van der Waals surface area (Å²) < 4.78 is 28.0. The zero-order chi connectivity index (χ0) is 15.0. The lowest BCUT2D eigenvalue weighted by Gasteiger charge is -2.04. The van der Waals surface area contributed by atoms with Crippen molar-refractivity contribution in [2.45, 2.75) is 11.4 Å². The molecule has 0 radical (unpaired) electrons. The molecule has 0 saturated carbocycles. The predicted octanol–water partition coefficient (Wildman–Crippen LogP) is 2.94. The molecule has 0 saturated heterocycles. The number of hydrogen-bond donors (Lipinski definition) is 3. The lowest BCUT2D eigenvalue weighted by atomic mass is 10.2. The fourth-order valence-electron chi connectivity index (χ4n) is 2.03. The van der Waals surface area contributed by atoms with Crippen molar-refractivity contribution in [3.05, 3.63) is 45.7 Å². The molecule has 0 atom stereocenters. The van der Waals surface area contributed by atoms with Gasteiger partial charge >= 0.3 is 0 Å². The highest BCUT2D eigenvalue weighted by Crippen LogP contribution is 2.26. The normalized spacial score (nSPS) is 12.0. The Bertz CT molecular complexity index is 899. The molecule has 0 aliphatic rings. The predicted molar refractivity (Wildman–Crippen MR) is 86.1 cm³/mol. The molecule has 0 fully saturated rings. The number of nitrogens with two attached hydrogens (primary N) is 1. The second-order valence-electron chi connectivity index (χ2n) is 4.49. The van der Waals surface area contributed by atoms with E-state index in [0.717, 1.165) is 10.4 Å². The standard InChI is InChI=1S/C13H12ClN3O2S2/c14-13-4-2-9(20-13)6-17-21(18,19)12-7-16-11-3-1-8(15)5-10(11)12/h1-5,7,16-17H,6,15H2. The van der Waals surface area contributed by atoms with Crippen molar-refractivity contribution >= 4 is 49.6 Å². The highest BCUT2D eigenvalue weighted by Gasteiger charge is 2.19. The Morgan fingerprint density at radius 3 is 2.81 bits per heavy atom. The van der Waals surface area contributed by atoms with Crippen LogP contribution in [0.4, 0.5) is 5.69 Å². The molecule has 0 spiro atoms. The maximum Gasteiger partial charge on any atom is 0.243 e. The molecular weight excluding hydrogens is 330 g/mol. The van der Waals surface area contributed by atoms with Gasteiger partial charge in [0.15, 0.2) is 0 Å². The number of aromatic nitrogens is 1. The molecule has 110 valence electrons. The van der Waals surface area contributed by atoms with Crippen LogP contribution < -0.4 is 10.5 Å². The first-order chi connectivity index (χ1) is 9.95. The fourth-order valence-corrected chi connectivity index (χ4v) is 4.32. The van der Waals surface area contributed by atoms with E-state index in [1.807, 2.05) is 0 Å². The third-order valence-electron chi connectivity index (χ3n) is 3.02. The van der Waals surface area contributed by atoms with E-state index in [4.69, 9.17) is 17.3 Å². The summed E-state index contributed by atoms with van der Waals surface area (Å²) in [4.78, 5) is 3.97. The minimum Gasteiger partial charge on any atom is -0.399 e. The largest absolute Gasteiger partial charge is 0.399 e. The number of hydrogen-bond acceptors (Lipinski definition) is 4.